The predicted molar refractivity (Wildman–Crippen MR) is 245 cm³/mol. The van der Waals surface area contributed by atoms with Gasteiger partial charge in [-0.15, -0.1) is 71.8 Å². The van der Waals surface area contributed by atoms with Crippen LogP contribution in [-0.4, -0.2) is 19.1 Å². The van der Waals surface area contributed by atoms with Crippen molar-refractivity contribution in [1.82, 2.24) is 19.1 Å². The molecule has 305 valence electrons. The van der Waals surface area contributed by atoms with Gasteiger partial charge in [-0.2, -0.15) is 0 Å². The summed E-state index contributed by atoms with van der Waals surface area (Å²) in [6.45, 7) is 18.0. The number of para-hydroxylation sites is 1. The minimum atomic E-state index is 0. The van der Waals surface area contributed by atoms with Gasteiger partial charge in [0.1, 0.15) is 11.2 Å². The molecule has 6 heteroatoms. The predicted octanol–water partition coefficient (Wildman–Crippen LogP) is 14.7. The van der Waals surface area contributed by atoms with Gasteiger partial charge in [0, 0.05) is 72.6 Å². The Morgan fingerprint density at radius 3 is 1.52 bits per heavy atom. The van der Waals surface area contributed by atoms with Crippen molar-refractivity contribution in [1.29, 1.82) is 0 Å². The molecular formula is C54H52IrN4O-2. The fourth-order valence-corrected chi connectivity index (χ4v) is 8.21. The molecule has 9 aromatic rings. The van der Waals surface area contributed by atoms with E-state index in [-0.39, 0.29) is 26.0 Å². The molecule has 5 nitrogen and oxygen atoms in total. The largest absolute Gasteiger partial charge is 0.456 e. The maximum absolute atomic E-state index is 6.42. The number of benzene rings is 6. The van der Waals surface area contributed by atoms with E-state index in [1.54, 1.807) is 0 Å². The number of fused-ring (bicyclic) bond motifs is 3. The van der Waals surface area contributed by atoms with E-state index in [4.69, 9.17) is 4.42 Å². The standard InChI is InChI=1S/C27H25N2O.C27H27N2.Ir/c1-17(2)21-16-22-20-12-8-9-13-23(20)30-26(22)24(18(3)4)25(21)29-15-14-28-27(29)19-10-6-5-7-11-19;1-19(2)24-17-23(21-11-7-5-8-12-21)18-25(20(3)4)26(24)29-16-15-28-27(29)22-13-9-6-10-14-22;/h5-10,12-18H,1-4H3;5-13,15-20H,1-4H3;/q2*-1;. The number of imidazole rings is 2. The number of furan rings is 1. The second-order valence-electron chi connectivity index (χ2n) is 16.5. The van der Waals surface area contributed by atoms with Crippen molar-refractivity contribution in [3.8, 4) is 45.3 Å². The first-order chi connectivity index (χ1) is 28.6. The molecule has 3 aromatic heterocycles. The van der Waals surface area contributed by atoms with Crippen LogP contribution in [0.2, 0.25) is 0 Å². The van der Waals surface area contributed by atoms with Crippen LogP contribution in [0.5, 0.6) is 0 Å². The molecule has 9 rings (SSSR count). The molecule has 0 fully saturated rings. The monoisotopic (exact) mass is 965 g/mol. The van der Waals surface area contributed by atoms with E-state index in [0.717, 1.165) is 33.9 Å². The van der Waals surface area contributed by atoms with E-state index in [9.17, 15) is 0 Å². The first kappa shape index (κ1) is 42.3. The Hall–Kier alpha value is -5.81. The molecule has 0 saturated heterocycles. The molecule has 0 aliphatic carbocycles. The van der Waals surface area contributed by atoms with Crippen molar-refractivity contribution in [3.63, 3.8) is 0 Å². The van der Waals surface area contributed by atoms with Gasteiger partial charge in [-0.05, 0) is 75.8 Å². The molecule has 0 amide bonds. The summed E-state index contributed by atoms with van der Waals surface area (Å²) in [6, 6.07) is 48.7. The Kier molecular flexibility index (Phi) is 12.8. The third-order valence-electron chi connectivity index (χ3n) is 11.1. The van der Waals surface area contributed by atoms with Crippen LogP contribution in [-0.2, 0) is 20.1 Å². The molecule has 6 aromatic carbocycles. The molecule has 0 bridgehead atoms. The van der Waals surface area contributed by atoms with E-state index >= 15 is 0 Å². The number of aromatic nitrogens is 4. The fraction of sp³-hybridized carbons (Fsp3) is 0.222. The van der Waals surface area contributed by atoms with Gasteiger partial charge in [0.05, 0.1) is 11.6 Å². The van der Waals surface area contributed by atoms with E-state index in [1.807, 2.05) is 54.9 Å². The van der Waals surface area contributed by atoms with Crippen molar-refractivity contribution >= 4 is 21.9 Å². The molecule has 3 heterocycles. The van der Waals surface area contributed by atoms with Gasteiger partial charge >= 0.3 is 0 Å². The summed E-state index contributed by atoms with van der Waals surface area (Å²) in [5.74, 6) is 3.25. The molecule has 60 heavy (non-hydrogen) atoms. The van der Waals surface area contributed by atoms with Crippen LogP contribution in [0.15, 0.2) is 151 Å². The molecule has 0 aliphatic rings. The Morgan fingerprint density at radius 2 is 1.00 bits per heavy atom. The van der Waals surface area contributed by atoms with E-state index in [1.165, 1.54) is 55.5 Å². The minimum absolute atomic E-state index is 0. The molecule has 0 atom stereocenters. The Morgan fingerprint density at radius 1 is 0.500 bits per heavy atom. The average molecular weight is 965 g/mol. The van der Waals surface area contributed by atoms with Gasteiger partial charge in [0.15, 0.2) is 0 Å². The van der Waals surface area contributed by atoms with E-state index < -0.39 is 0 Å². The minimum Gasteiger partial charge on any atom is -0.456 e. The molecule has 0 saturated carbocycles. The Balaban J connectivity index is 0.000000179. The van der Waals surface area contributed by atoms with Crippen LogP contribution in [0.25, 0.3) is 67.2 Å². The maximum Gasteiger partial charge on any atom is 0.140 e. The summed E-state index contributed by atoms with van der Waals surface area (Å²) < 4.78 is 10.9. The van der Waals surface area contributed by atoms with Crippen LogP contribution in [0, 0.1) is 12.1 Å². The van der Waals surface area contributed by atoms with Gasteiger partial charge in [-0.25, -0.2) is 0 Å². The maximum atomic E-state index is 6.42. The van der Waals surface area contributed by atoms with Gasteiger partial charge in [-0.3, -0.25) is 9.97 Å². The quantitative estimate of drug-likeness (QED) is 0.135. The summed E-state index contributed by atoms with van der Waals surface area (Å²) in [5, 5.41) is 2.36. The first-order valence-electron chi connectivity index (χ1n) is 20.8. The van der Waals surface area contributed by atoms with Crippen molar-refractivity contribution < 1.29 is 24.5 Å². The smallest absolute Gasteiger partial charge is 0.140 e. The Bertz CT molecular complexity index is 2800. The number of rotatable bonds is 9. The zero-order valence-electron chi connectivity index (χ0n) is 35.7. The van der Waals surface area contributed by atoms with Crippen molar-refractivity contribution in [2.24, 2.45) is 0 Å². The molecular weight excluding hydrogens is 913 g/mol. The second-order valence-corrected chi connectivity index (χ2v) is 16.5. The zero-order valence-corrected chi connectivity index (χ0v) is 38.1. The van der Waals surface area contributed by atoms with Gasteiger partial charge in [0.25, 0.3) is 0 Å². The fourth-order valence-electron chi connectivity index (χ4n) is 8.21. The molecule has 0 spiro atoms. The van der Waals surface area contributed by atoms with Gasteiger partial charge < -0.3 is 13.6 Å². The Labute approximate surface area is 368 Å². The molecule has 1 radical (unpaired) electrons. The summed E-state index contributed by atoms with van der Waals surface area (Å²) >= 11 is 0. The second kappa shape index (κ2) is 18.2. The third-order valence-corrected chi connectivity index (χ3v) is 11.1. The zero-order chi connectivity index (χ0) is 41.2. The van der Waals surface area contributed by atoms with Crippen LogP contribution >= 0.6 is 0 Å². The summed E-state index contributed by atoms with van der Waals surface area (Å²) in [7, 11) is 0. The van der Waals surface area contributed by atoms with Crippen molar-refractivity contribution in [3.05, 3.63) is 181 Å². The number of hydrogen-bond donors (Lipinski definition) is 0. The van der Waals surface area contributed by atoms with Crippen molar-refractivity contribution in [2.45, 2.75) is 79.1 Å². The summed E-state index contributed by atoms with van der Waals surface area (Å²) in [5.41, 5.74) is 14.1. The van der Waals surface area contributed by atoms with E-state index in [2.05, 4.69) is 178 Å². The number of nitrogens with zero attached hydrogens (tertiary/aromatic N) is 4. The SMILES string of the molecule is CC(C)c1cc(-c2ccccc2)cc(C(C)C)c1-n1ccnc1-c1[c-]cccc1.CC(C)c1cc2c(oc3ccccc32)c(C(C)C)c1-n1ccnc1-c1[c-]cccc1.[Ir]. The molecule has 0 unspecified atom stereocenters. The average Bonchev–Trinajstić information content (AvgIpc) is 4.03. The molecule has 0 N–H and O–H groups in total. The topological polar surface area (TPSA) is 48.8 Å². The van der Waals surface area contributed by atoms with Crippen LogP contribution in [0.3, 0.4) is 0 Å². The summed E-state index contributed by atoms with van der Waals surface area (Å²) in [6.07, 6.45) is 7.88. The third kappa shape index (κ3) is 8.19. The first-order valence-corrected chi connectivity index (χ1v) is 20.8. The van der Waals surface area contributed by atoms with E-state index in [0.29, 0.717) is 17.8 Å². The number of hydrogen-bond acceptors (Lipinski definition) is 3. The normalized spacial score (nSPS) is 11.5. The van der Waals surface area contributed by atoms with Crippen LogP contribution < -0.4 is 0 Å². The van der Waals surface area contributed by atoms with Gasteiger partial charge in [-0.1, -0.05) is 104 Å². The van der Waals surface area contributed by atoms with Crippen LogP contribution in [0.1, 0.15) is 101 Å². The van der Waals surface area contributed by atoms with Crippen LogP contribution in [0.4, 0.5) is 0 Å². The molecule has 0 aliphatic heterocycles. The summed E-state index contributed by atoms with van der Waals surface area (Å²) in [4.78, 5) is 9.36. The van der Waals surface area contributed by atoms with Gasteiger partial charge in [0.2, 0.25) is 0 Å². The van der Waals surface area contributed by atoms with Crippen molar-refractivity contribution in [2.75, 3.05) is 0 Å².